The van der Waals surface area contributed by atoms with Crippen LogP contribution in [0.1, 0.15) is 32.6 Å². The van der Waals surface area contributed by atoms with Crippen molar-refractivity contribution >= 4 is 11.9 Å². The van der Waals surface area contributed by atoms with Gasteiger partial charge in [0.15, 0.2) is 0 Å². The predicted molar refractivity (Wildman–Crippen MR) is 62.4 cm³/mol. The summed E-state index contributed by atoms with van der Waals surface area (Å²) in [5, 5.41) is 2.94. The Balaban J connectivity index is 1.75. The van der Waals surface area contributed by atoms with E-state index in [2.05, 4.69) is 5.32 Å². The van der Waals surface area contributed by atoms with Crippen molar-refractivity contribution in [3.63, 3.8) is 0 Å². The molecule has 2 rings (SSSR count). The molecule has 0 saturated heterocycles. The number of amides is 1. The Morgan fingerprint density at radius 3 is 2.47 bits per heavy atom. The van der Waals surface area contributed by atoms with Gasteiger partial charge in [0, 0.05) is 12.1 Å². The van der Waals surface area contributed by atoms with Crippen LogP contribution in [0.25, 0.3) is 0 Å². The number of hydrogen-bond acceptors (Lipinski definition) is 4. The highest BCUT2D eigenvalue weighted by Gasteiger charge is 2.33. The maximum absolute atomic E-state index is 11.7. The fraction of sp³-hybridized carbons (Fsp3) is 0.833. The molecule has 5 nitrogen and oxygen atoms in total. The van der Waals surface area contributed by atoms with Gasteiger partial charge in [-0.15, -0.1) is 0 Å². The number of rotatable bonds is 7. The summed E-state index contributed by atoms with van der Waals surface area (Å²) in [6.45, 7) is 2.74. The van der Waals surface area contributed by atoms with Crippen molar-refractivity contribution in [3.05, 3.63) is 0 Å². The molecule has 0 aromatic rings. The molecule has 17 heavy (non-hydrogen) atoms. The Morgan fingerprint density at radius 1 is 1.24 bits per heavy atom. The average molecular weight is 240 g/mol. The smallest absolute Gasteiger partial charge is 0.320 e. The molecule has 5 heteroatoms. The fourth-order valence-electron chi connectivity index (χ4n) is 1.81. The van der Waals surface area contributed by atoms with Gasteiger partial charge in [0.05, 0.1) is 19.7 Å². The Morgan fingerprint density at radius 2 is 1.94 bits per heavy atom. The van der Waals surface area contributed by atoms with Crippen LogP contribution in [-0.4, -0.2) is 48.6 Å². The second kappa shape index (κ2) is 5.49. The van der Waals surface area contributed by atoms with Crippen LogP contribution in [0.15, 0.2) is 0 Å². The molecule has 0 radical (unpaired) electrons. The molecular weight excluding hydrogens is 220 g/mol. The van der Waals surface area contributed by atoms with Crippen LogP contribution in [-0.2, 0) is 14.3 Å². The van der Waals surface area contributed by atoms with E-state index in [0.29, 0.717) is 25.2 Å². The maximum atomic E-state index is 11.7. The molecule has 0 unspecified atom stereocenters. The summed E-state index contributed by atoms with van der Waals surface area (Å²) in [5.41, 5.74) is 0. The van der Waals surface area contributed by atoms with E-state index >= 15 is 0 Å². The fourth-order valence-corrected chi connectivity index (χ4v) is 1.81. The molecule has 1 N–H and O–H groups in total. The van der Waals surface area contributed by atoms with Gasteiger partial charge in [-0.25, -0.2) is 0 Å². The van der Waals surface area contributed by atoms with Gasteiger partial charge in [-0.3, -0.25) is 14.5 Å². The number of esters is 1. The Kier molecular flexibility index (Phi) is 3.99. The lowest BCUT2D eigenvalue weighted by molar-refractivity contribution is -0.144. The standard InChI is InChI=1S/C12H20N2O3/c1-2-17-12(16)8-14(10-5-6-10)7-11(15)13-9-3-4-9/h9-10H,2-8H2,1H3,(H,13,15). The van der Waals surface area contributed by atoms with E-state index in [-0.39, 0.29) is 18.4 Å². The van der Waals surface area contributed by atoms with Crippen molar-refractivity contribution in [2.24, 2.45) is 0 Å². The highest BCUT2D eigenvalue weighted by atomic mass is 16.5. The van der Waals surface area contributed by atoms with Crippen LogP contribution >= 0.6 is 0 Å². The van der Waals surface area contributed by atoms with E-state index in [1.54, 1.807) is 6.92 Å². The zero-order valence-corrected chi connectivity index (χ0v) is 10.3. The molecular formula is C12H20N2O3. The molecule has 0 heterocycles. The van der Waals surface area contributed by atoms with Crippen molar-refractivity contribution in [2.45, 2.75) is 44.7 Å². The third kappa shape index (κ3) is 4.34. The number of nitrogens with zero attached hydrogens (tertiary/aromatic N) is 1. The van der Waals surface area contributed by atoms with Gasteiger partial charge in [0.25, 0.3) is 0 Å². The maximum Gasteiger partial charge on any atom is 0.320 e. The quantitative estimate of drug-likeness (QED) is 0.650. The molecule has 0 bridgehead atoms. The number of nitrogens with one attached hydrogen (secondary N) is 1. The van der Waals surface area contributed by atoms with E-state index in [1.807, 2.05) is 4.90 Å². The van der Waals surface area contributed by atoms with E-state index in [0.717, 1.165) is 25.7 Å². The first-order chi connectivity index (χ1) is 8.19. The summed E-state index contributed by atoms with van der Waals surface area (Å²) in [4.78, 5) is 25.0. The summed E-state index contributed by atoms with van der Waals surface area (Å²) in [5.74, 6) is -0.206. The topological polar surface area (TPSA) is 58.6 Å². The summed E-state index contributed by atoms with van der Waals surface area (Å²) in [6, 6.07) is 0.774. The van der Waals surface area contributed by atoms with E-state index in [9.17, 15) is 9.59 Å². The molecule has 1 amide bonds. The lowest BCUT2D eigenvalue weighted by Gasteiger charge is -2.20. The molecule has 96 valence electrons. The summed E-state index contributed by atoms with van der Waals surface area (Å²) >= 11 is 0. The minimum Gasteiger partial charge on any atom is -0.465 e. The van der Waals surface area contributed by atoms with E-state index in [4.69, 9.17) is 4.74 Å². The highest BCUT2D eigenvalue weighted by Crippen LogP contribution is 2.26. The SMILES string of the molecule is CCOC(=O)CN(CC(=O)NC1CC1)C1CC1. The van der Waals surface area contributed by atoms with Gasteiger partial charge in [0.1, 0.15) is 0 Å². The molecule has 2 saturated carbocycles. The lowest BCUT2D eigenvalue weighted by atomic mass is 10.4. The third-order valence-corrected chi connectivity index (χ3v) is 2.99. The average Bonchev–Trinajstić information content (AvgIpc) is 3.12. The molecule has 0 aliphatic heterocycles. The lowest BCUT2D eigenvalue weighted by Crippen LogP contribution is -2.42. The Hall–Kier alpha value is -1.10. The van der Waals surface area contributed by atoms with Gasteiger partial charge in [-0.05, 0) is 32.6 Å². The molecule has 0 aromatic carbocycles. The largest absolute Gasteiger partial charge is 0.465 e. The Bertz CT molecular complexity index is 298. The molecule has 2 fully saturated rings. The molecule has 0 spiro atoms. The van der Waals surface area contributed by atoms with E-state index < -0.39 is 0 Å². The van der Waals surface area contributed by atoms with Crippen molar-refractivity contribution in [1.82, 2.24) is 10.2 Å². The van der Waals surface area contributed by atoms with Crippen LogP contribution in [0.5, 0.6) is 0 Å². The van der Waals surface area contributed by atoms with Gasteiger partial charge < -0.3 is 10.1 Å². The molecule has 2 aliphatic rings. The summed E-state index contributed by atoms with van der Waals surface area (Å²) in [6.07, 6.45) is 4.34. The molecule has 0 atom stereocenters. The van der Waals surface area contributed by atoms with Crippen molar-refractivity contribution in [3.8, 4) is 0 Å². The van der Waals surface area contributed by atoms with Crippen LogP contribution in [0.3, 0.4) is 0 Å². The number of hydrogen-bond donors (Lipinski definition) is 1. The normalized spacial score (nSPS) is 19.2. The van der Waals surface area contributed by atoms with Gasteiger partial charge >= 0.3 is 5.97 Å². The second-order valence-corrected chi connectivity index (χ2v) is 4.78. The summed E-state index contributed by atoms with van der Waals surface area (Å²) < 4.78 is 4.91. The minimum absolute atomic E-state index is 0.0312. The third-order valence-electron chi connectivity index (χ3n) is 2.99. The predicted octanol–water partition coefficient (Wildman–Crippen LogP) is 0.293. The second-order valence-electron chi connectivity index (χ2n) is 4.78. The van der Waals surface area contributed by atoms with Gasteiger partial charge in [-0.2, -0.15) is 0 Å². The molecule has 2 aliphatic carbocycles. The first-order valence-electron chi connectivity index (χ1n) is 6.38. The van der Waals surface area contributed by atoms with Crippen molar-refractivity contribution in [1.29, 1.82) is 0 Å². The number of carbonyl (C=O) groups is 2. The van der Waals surface area contributed by atoms with Crippen molar-refractivity contribution in [2.75, 3.05) is 19.7 Å². The zero-order chi connectivity index (χ0) is 12.3. The van der Waals surface area contributed by atoms with Gasteiger partial charge in [-0.1, -0.05) is 0 Å². The minimum atomic E-state index is -0.237. The first-order valence-corrected chi connectivity index (χ1v) is 6.38. The van der Waals surface area contributed by atoms with Crippen LogP contribution in [0.2, 0.25) is 0 Å². The zero-order valence-electron chi connectivity index (χ0n) is 10.3. The number of carbonyl (C=O) groups excluding carboxylic acids is 2. The van der Waals surface area contributed by atoms with E-state index in [1.165, 1.54) is 0 Å². The van der Waals surface area contributed by atoms with Gasteiger partial charge in [0.2, 0.25) is 5.91 Å². The monoisotopic (exact) mass is 240 g/mol. The highest BCUT2D eigenvalue weighted by molar-refractivity contribution is 5.80. The van der Waals surface area contributed by atoms with Crippen LogP contribution in [0, 0.1) is 0 Å². The van der Waals surface area contributed by atoms with Crippen molar-refractivity contribution < 1.29 is 14.3 Å². The number of ether oxygens (including phenoxy) is 1. The Labute approximate surface area is 101 Å². The van der Waals surface area contributed by atoms with Crippen LogP contribution in [0.4, 0.5) is 0 Å². The first kappa shape index (κ1) is 12.4. The summed E-state index contributed by atoms with van der Waals surface area (Å²) in [7, 11) is 0. The van der Waals surface area contributed by atoms with Crippen LogP contribution < -0.4 is 5.32 Å². The molecule has 0 aromatic heterocycles.